The quantitative estimate of drug-likeness (QED) is 0.763. The molecule has 1 aliphatic heterocycles. The summed E-state index contributed by atoms with van der Waals surface area (Å²) in [5.41, 5.74) is 1.32. The Kier molecular flexibility index (Phi) is 5.53. The van der Waals surface area contributed by atoms with Gasteiger partial charge in [0.25, 0.3) is 0 Å². The molecule has 0 bridgehead atoms. The molecule has 134 valence electrons. The van der Waals surface area contributed by atoms with Crippen LogP contribution in [0.2, 0.25) is 0 Å². The van der Waals surface area contributed by atoms with E-state index in [1.54, 1.807) is 6.20 Å². The number of hydrogen-bond donors (Lipinski definition) is 1. The Balaban J connectivity index is 1.53. The summed E-state index contributed by atoms with van der Waals surface area (Å²) in [4.78, 5) is 10.7. The Hall–Kier alpha value is -2.15. The molecule has 0 spiro atoms. The van der Waals surface area contributed by atoms with Crippen molar-refractivity contribution in [3.63, 3.8) is 0 Å². The number of rotatable bonds is 7. The van der Waals surface area contributed by atoms with Crippen LogP contribution >= 0.6 is 0 Å². The van der Waals surface area contributed by atoms with Gasteiger partial charge in [-0.1, -0.05) is 30.3 Å². The Labute approximate surface area is 149 Å². The van der Waals surface area contributed by atoms with Crippen LogP contribution in [0.4, 0.5) is 11.8 Å². The van der Waals surface area contributed by atoms with Gasteiger partial charge in [0.15, 0.2) is 9.84 Å². The molecular weight excluding hydrogens is 336 g/mol. The number of aromatic nitrogens is 2. The molecule has 0 aliphatic carbocycles. The summed E-state index contributed by atoms with van der Waals surface area (Å²) in [6.07, 6.45) is 4.37. The summed E-state index contributed by atoms with van der Waals surface area (Å²) in [6, 6.07) is 12.2. The minimum atomic E-state index is -2.90. The third-order valence-electron chi connectivity index (χ3n) is 4.53. The fourth-order valence-electron chi connectivity index (χ4n) is 3.04. The standard InChI is InChI=1S/C18H24N4O2S/c1-22(16-10-13-25(23,24)14-16)17-9-12-20-18(21-17)19-11-5-8-15-6-3-2-4-7-15/h2-4,6-7,9,12,16H,5,8,10-11,13-14H2,1H3,(H,19,20,21). The van der Waals surface area contributed by atoms with Crippen LogP contribution in [-0.2, 0) is 16.3 Å². The largest absolute Gasteiger partial charge is 0.355 e. The van der Waals surface area contributed by atoms with E-state index in [-0.39, 0.29) is 17.5 Å². The molecule has 1 fully saturated rings. The Morgan fingerprint density at radius 3 is 2.76 bits per heavy atom. The molecule has 25 heavy (non-hydrogen) atoms. The van der Waals surface area contributed by atoms with Gasteiger partial charge >= 0.3 is 0 Å². The first kappa shape index (κ1) is 17.7. The third-order valence-corrected chi connectivity index (χ3v) is 6.28. The van der Waals surface area contributed by atoms with E-state index < -0.39 is 9.84 Å². The van der Waals surface area contributed by atoms with E-state index in [1.807, 2.05) is 24.1 Å². The van der Waals surface area contributed by atoms with Crippen LogP contribution in [0.5, 0.6) is 0 Å². The van der Waals surface area contributed by atoms with Gasteiger partial charge in [-0.2, -0.15) is 4.98 Å². The number of nitrogens with one attached hydrogen (secondary N) is 1. The number of sulfone groups is 1. The molecule has 7 heteroatoms. The average molecular weight is 360 g/mol. The molecule has 1 aliphatic rings. The monoisotopic (exact) mass is 360 g/mol. The predicted molar refractivity (Wildman–Crippen MR) is 101 cm³/mol. The second-order valence-corrected chi connectivity index (χ2v) is 8.65. The van der Waals surface area contributed by atoms with Crippen molar-refractivity contribution < 1.29 is 8.42 Å². The second kappa shape index (κ2) is 7.82. The highest BCUT2D eigenvalue weighted by Gasteiger charge is 2.31. The summed E-state index contributed by atoms with van der Waals surface area (Å²) < 4.78 is 23.3. The van der Waals surface area contributed by atoms with E-state index in [0.29, 0.717) is 12.4 Å². The van der Waals surface area contributed by atoms with Crippen molar-refractivity contribution in [2.45, 2.75) is 25.3 Å². The normalized spacial score (nSPS) is 18.8. The van der Waals surface area contributed by atoms with Crippen molar-refractivity contribution in [1.29, 1.82) is 0 Å². The first-order valence-electron chi connectivity index (χ1n) is 8.58. The molecule has 1 N–H and O–H groups in total. The Morgan fingerprint density at radius 2 is 2.04 bits per heavy atom. The Morgan fingerprint density at radius 1 is 1.24 bits per heavy atom. The van der Waals surface area contributed by atoms with Gasteiger partial charge in [0.1, 0.15) is 5.82 Å². The van der Waals surface area contributed by atoms with Crippen LogP contribution in [0.25, 0.3) is 0 Å². The highest BCUT2D eigenvalue weighted by molar-refractivity contribution is 7.91. The fraction of sp³-hybridized carbons (Fsp3) is 0.444. The first-order chi connectivity index (χ1) is 12.0. The van der Waals surface area contributed by atoms with E-state index in [9.17, 15) is 8.42 Å². The van der Waals surface area contributed by atoms with Gasteiger partial charge in [-0.25, -0.2) is 13.4 Å². The lowest BCUT2D eigenvalue weighted by Gasteiger charge is -2.24. The Bertz CT molecular complexity index is 796. The average Bonchev–Trinajstić information content (AvgIpc) is 2.99. The maximum Gasteiger partial charge on any atom is 0.224 e. The molecule has 3 rings (SSSR count). The van der Waals surface area contributed by atoms with Crippen LogP contribution < -0.4 is 10.2 Å². The van der Waals surface area contributed by atoms with Crippen molar-refractivity contribution in [3.05, 3.63) is 48.2 Å². The molecule has 1 aromatic heterocycles. The van der Waals surface area contributed by atoms with Gasteiger partial charge in [0.2, 0.25) is 5.95 Å². The van der Waals surface area contributed by atoms with Crippen LogP contribution in [-0.4, -0.2) is 49.5 Å². The second-order valence-electron chi connectivity index (χ2n) is 6.42. The van der Waals surface area contributed by atoms with Gasteiger partial charge in [-0.15, -0.1) is 0 Å². The number of hydrogen-bond acceptors (Lipinski definition) is 6. The van der Waals surface area contributed by atoms with Crippen molar-refractivity contribution in [2.24, 2.45) is 0 Å². The van der Waals surface area contributed by atoms with E-state index >= 15 is 0 Å². The highest BCUT2D eigenvalue weighted by atomic mass is 32.2. The lowest BCUT2D eigenvalue weighted by molar-refractivity contribution is 0.600. The van der Waals surface area contributed by atoms with Crippen molar-refractivity contribution in [2.75, 3.05) is 35.3 Å². The smallest absolute Gasteiger partial charge is 0.224 e. The number of anilines is 2. The molecule has 1 saturated heterocycles. The molecule has 0 amide bonds. The molecule has 2 aromatic rings. The number of benzene rings is 1. The van der Waals surface area contributed by atoms with Gasteiger partial charge < -0.3 is 10.2 Å². The number of nitrogens with zero attached hydrogens (tertiary/aromatic N) is 3. The summed E-state index contributed by atoms with van der Waals surface area (Å²) in [5, 5.41) is 3.25. The lowest BCUT2D eigenvalue weighted by atomic mass is 10.1. The van der Waals surface area contributed by atoms with Crippen molar-refractivity contribution >= 4 is 21.6 Å². The molecule has 2 heterocycles. The van der Waals surface area contributed by atoms with Gasteiger partial charge in [-0.05, 0) is 30.9 Å². The minimum Gasteiger partial charge on any atom is -0.355 e. The van der Waals surface area contributed by atoms with E-state index in [0.717, 1.165) is 25.2 Å². The van der Waals surface area contributed by atoms with E-state index in [4.69, 9.17) is 0 Å². The molecule has 1 aromatic carbocycles. The zero-order chi connectivity index (χ0) is 17.7. The topological polar surface area (TPSA) is 75.2 Å². The summed E-state index contributed by atoms with van der Waals surface area (Å²) in [7, 11) is -1.01. The van der Waals surface area contributed by atoms with Crippen LogP contribution in [0, 0.1) is 0 Å². The van der Waals surface area contributed by atoms with Gasteiger partial charge in [-0.3, -0.25) is 0 Å². The zero-order valence-corrected chi connectivity index (χ0v) is 15.2. The summed E-state index contributed by atoms with van der Waals surface area (Å²) in [6.45, 7) is 0.792. The molecule has 1 unspecified atom stereocenters. The zero-order valence-electron chi connectivity index (χ0n) is 14.4. The summed E-state index contributed by atoms with van der Waals surface area (Å²) >= 11 is 0. The van der Waals surface area contributed by atoms with Crippen LogP contribution in [0.1, 0.15) is 18.4 Å². The van der Waals surface area contributed by atoms with Crippen LogP contribution in [0.3, 0.4) is 0 Å². The molecule has 1 atom stereocenters. The number of aryl methyl sites for hydroxylation is 1. The molecule has 0 radical (unpaired) electrons. The fourth-order valence-corrected chi connectivity index (χ4v) is 4.81. The van der Waals surface area contributed by atoms with Crippen LogP contribution in [0.15, 0.2) is 42.6 Å². The molecular formula is C18H24N4O2S. The van der Waals surface area contributed by atoms with Gasteiger partial charge in [0.05, 0.1) is 11.5 Å². The molecule has 0 saturated carbocycles. The van der Waals surface area contributed by atoms with Crippen molar-refractivity contribution in [1.82, 2.24) is 9.97 Å². The predicted octanol–water partition coefficient (Wildman–Crippen LogP) is 2.14. The minimum absolute atomic E-state index is 0.00849. The van der Waals surface area contributed by atoms with Crippen molar-refractivity contribution in [3.8, 4) is 0 Å². The molecule has 6 nitrogen and oxygen atoms in total. The van der Waals surface area contributed by atoms with E-state index in [1.165, 1.54) is 5.56 Å². The maximum atomic E-state index is 11.7. The summed E-state index contributed by atoms with van der Waals surface area (Å²) in [5.74, 6) is 1.80. The maximum absolute atomic E-state index is 11.7. The van der Waals surface area contributed by atoms with Gasteiger partial charge in [0, 0.05) is 25.8 Å². The van der Waals surface area contributed by atoms with E-state index in [2.05, 4.69) is 39.6 Å². The first-order valence-corrected chi connectivity index (χ1v) is 10.4. The highest BCUT2D eigenvalue weighted by Crippen LogP contribution is 2.21. The SMILES string of the molecule is CN(c1ccnc(NCCCc2ccccc2)n1)C1CCS(=O)(=O)C1. The lowest BCUT2D eigenvalue weighted by Crippen LogP contribution is -2.33. The third kappa shape index (κ3) is 4.92.